The van der Waals surface area contributed by atoms with Crippen molar-refractivity contribution in [3.63, 3.8) is 0 Å². The predicted molar refractivity (Wildman–Crippen MR) is 61.8 cm³/mol. The fourth-order valence-corrected chi connectivity index (χ4v) is 2.12. The van der Waals surface area contributed by atoms with Gasteiger partial charge in [-0.25, -0.2) is 0 Å². The highest BCUT2D eigenvalue weighted by Crippen LogP contribution is 2.33. The maximum Gasteiger partial charge on any atom is 0.182 e. The zero-order chi connectivity index (χ0) is 11.1. The molecule has 2 heterocycles. The molecule has 80 valence electrons. The lowest BCUT2D eigenvalue weighted by molar-refractivity contribution is 0.415. The molecular weight excluding hydrogens is 202 g/mol. The van der Waals surface area contributed by atoms with Crippen molar-refractivity contribution >= 4 is 0 Å². The van der Waals surface area contributed by atoms with Gasteiger partial charge in [0.1, 0.15) is 5.75 Å². The Morgan fingerprint density at radius 1 is 1.25 bits per heavy atom. The van der Waals surface area contributed by atoms with E-state index >= 15 is 0 Å². The van der Waals surface area contributed by atoms with Crippen molar-refractivity contribution in [3.05, 3.63) is 52.3 Å². The van der Waals surface area contributed by atoms with Crippen LogP contribution in [0.4, 0.5) is 0 Å². The van der Waals surface area contributed by atoms with Gasteiger partial charge in [0.15, 0.2) is 5.43 Å². The fourth-order valence-electron chi connectivity index (χ4n) is 2.12. The molecule has 16 heavy (non-hydrogen) atoms. The van der Waals surface area contributed by atoms with Crippen molar-refractivity contribution in [2.75, 3.05) is 7.11 Å². The number of ether oxygens (including phenoxy) is 1. The zero-order valence-corrected chi connectivity index (χ0v) is 8.93. The highest BCUT2D eigenvalue weighted by atomic mass is 16.5. The lowest BCUT2D eigenvalue weighted by atomic mass is 10.1. The van der Waals surface area contributed by atoms with Crippen LogP contribution in [-0.4, -0.2) is 11.7 Å². The molecule has 0 spiro atoms. The van der Waals surface area contributed by atoms with Gasteiger partial charge in [0.2, 0.25) is 0 Å². The first-order chi connectivity index (χ1) is 7.78. The first kappa shape index (κ1) is 9.21. The Balaban J connectivity index is 2.25. The number of hydrogen-bond donors (Lipinski definition) is 0. The molecule has 0 amide bonds. The Bertz CT molecular complexity index is 614. The average molecular weight is 213 g/mol. The average Bonchev–Trinajstić information content (AvgIpc) is 2.66. The van der Waals surface area contributed by atoms with Gasteiger partial charge in [0.05, 0.1) is 12.8 Å². The van der Waals surface area contributed by atoms with Crippen LogP contribution in [-0.2, 0) is 6.54 Å². The van der Waals surface area contributed by atoms with E-state index in [0.29, 0.717) is 0 Å². The minimum absolute atomic E-state index is 0.0434. The second-order valence-corrected chi connectivity index (χ2v) is 3.90. The van der Waals surface area contributed by atoms with E-state index in [1.807, 2.05) is 24.4 Å². The summed E-state index contributed by atoms with van der Waals surface area (Å²) in [6.07, 6.45) is 1.84. The first-order valence-electron chi connectivity index (χ1n) is 5.16. The van der Waals surface area contributed by atoms with Gasteiger partial charge in [0, 0.05) is 30.4 Å². The Hall–Kier alpha value is -2.03. The van der Waals surface area contributed by atoms with Crippen LogP contribution in [0.15, 0.2) is 41.3 Å². The minimum atomic E-state index is 0.0434. The molecule has 0 aliphatic carbocycles. The summed E-state index contributed by atoms with van der Waals surface area (Å²) in [5, 5.41) is 0. The van der Waals surface area contributed by atoms with Gasteiger partial charge in [0.25, 0.3) is 0 Å². The molecule has 1 aliphatic heterocycles. The number of nitrogens with zero attached hydrogens (tertiary/aromatic N) is 1. The molecule has 3 nitrogen and oxygen atoms in total. The maximum atomic E-state index is 11.3. The molecule has 3 heteroatoms. The zero-order valence-electron chi connectivity index (χ0n) is 8.93. The molecule has 0 radical (unpaired) electrons. The molecule has 0 bridgehead atoms. The first-order valence-corrected chi connectivity index (χ1v) is 5.16. The van der Waals surface area contributed by atoms with Gasteiger partial charge < -0.3 is 9.30 Å². The van der Waals surface area contributed by atoms with Crippen LogP contribution < -0.4 is 10.2 Å². The summed E-state index contributed by atoms with van der Waals surface area (Å²) in [6, 6.07) is 9.24. The summed E-state index contributed by atoms with van der Waals surface area (Å²) in [5.74, 6) is 0.823. The van der Waals surface area contributed by atoms with Crippen LogP contribution >= 0.6 is 0 Å². The van der Waals surface area contributed by atoms with Gasteiger partial charge in [-0.3, -0.25) is 4.79 Å². The molecule has 3 rings (SSSR count). The van der Waals surface area contributed by atoms with E-state index in [2.05, 4.69) is 4.57 Å². The third kappa shape index (κ3) is 1.25. The number of pyridine rings is 1. The van der Waals surface area contributed by atoms with E-state index in [1.54, 1.807) is 19.2 Å². The molecule has 0 saturated heterocycles. The van der Waals surface area contributed by atoms with Crippen LogP contribution in [0.2, 0.25) is 0 Å². The Labute approximate surface area is 92.9 Å². The van der Waals surface area contributed by atoms with Crippen molar-refractivity contribution in [2.24, 2.45) is 0 Å². The van der Waals surface area contributed by atoms with Crippen LogP contribution in [0.1, 0.15) is 5.56 Å². The molecule has 0 saturated carbocycles. The summed E-state index contributed by atoms with van der Waals surface area (Å²) in [7, 11) is 1.65. The van der Waals surface area contributed by atoms with Crippen LogP contribution in [0.5, 0.6) is 5.75 Å². The van der Waals surface area contributed by atoms with Crippen molar-refractivity contribution in [2.45, 2.75) is 6.54 Å². The second-order valence-electron chi connectivity index (χ2n) is 3.90. The number of methoxy groups -OCH3 is 1. The number of rotatable bonds is 1. The lowest BCUT2D eigenvalue weighted by Gasteiger charge is -2.03. The van der Waals surface area contributed by atoms with Crippen molar-refractivity contribution in [1.29, 1.82) is 0 Å². The molecule has 1 aromatic carbocycles. The summed E-state index contributed by atoms with van der Waals surface area (Å²) in [6.45, 7) is 0.828. The van der Waals surface area contributed by atoms with Gasteiger partial charge >= 0.3 is 0 Å². The summed E-state index contributed by atoms with van der Waals surface area (Å²) < 4.78 is 7.27. The van der Waals surface area contributed by atoms with E-state index in [0.717, 1.165) is 23.6 Å². The minimum Gasteiger partial charge on any atom is -0.497 e. The topological polar surface area (TPSA) is 31.2 Å². The molecule has 2 aromatic rings. The summed E-state index contributed by atoms with van der Waals surface area (Å²) in [5.41, 5.74) is 3.34. The highest BCUT2D eigenvalue weighted by Gasteiger charge is 2.17. The molecule has 1 aliphatic rings. The molecular formula is C13H11NO2. The second kappa shape index (κ2) is 3.23. The third-order valence-electron chi connectivity index (χ3n) is 2.94. The van der Waals surface area contributed by atoms with Gasteiger partial charge in [-0.15, -0.1) is 0 Å². The van der Waals surface area contributed by atoms with Gasteiger partial charge in [-0.1, -0.05) is 6.07 Å². The van der Waals surface area contributed by atoms with E-state index in [1.165, 1.54) is 5.56 Å². The van der Waals surface area contributed by atoms with Crippen molar-refractivity contribution in [1.82, 2.24) is 4.57 Å². The number of hydrogen-bond acceptors (Lipinski definition) is 2. The van der Waals surface area contributed by atoms with Gasteiger partial charge in [-0.05, 0) is 17.7 Å². The third-order valence-corrected chi connectivity index (χ3v) is 2.94. The van der Waals surface area contributed by atoms with Crippen LogP contribution in [0.3, 0.4) is 0 Å². The molecule has 0 unspecified atom stereocenters. The quantitative estimate of drug-likeness (QED) is 0.618. The Kier molecular flexibility index (Phi) is 1.86. The van der Waals surface area contributed by atoms with E-state index in [9.17, 15) is 4.79 Å². The Morgan fingerprint density at radius 3 is 2.94 bits per heavy atom. The highest BCUT2D eigenvalue weighted by molar-refractivity contribution is 5.69. The number of benzene rings is 1. The summed E-state index contributed by atoms with van der Waals surface area (Å²) >= 11 is 0. The fraction of sp³-hybridized carbons (Fsp3) is 0.154. The van der Waals surface area contributed by atoms with Crippen LogP contribution in [0.25, 0.3) is 11.3 Å². The smallest absolute Gasteiger partial charge is 0.182 e. The lowest BCUT2D eigenvalue weighted by Crippen LogP contribution is -2.02. The SMILES string of the molecule is COc1ccc2c(c1)-c1cc(=O)ccn1C2. The van der Waals surface area contributed by atoms with E-state index in [-0.39, 0.29) is 5.43 Å². The molecule has 0 atom stereocenters. The van der Waals surface area contributed by atoms with E-state index in [4.69, 9.17) is 4.74 Å². The normalized spacial score (nSPS) is 12.1. The van der Waals surface area contributed by atoms with E-state index < -0.39 is 0 Å². The summed E-state index contributed by atoms with van der Waals surface area (Å²) in [4.78, 5) is 11.3. The van der Waals surface area contributed by atoms with Crippen molar-refractivity contribution < 1.29 is 4.74 Å². The largest absolute Gasteiger partial charge is 0.497 e. The Morgan fingerprint density at radius 2 is 2.12 bits per heavy atom. The predicted octanol–water partition coefficient (Wildman–Crippen LogP) is 1.89. The molecule has 1 aromatic heterocycles. The number of fused-ring (bicyclic) bond motifs is 3. The van der Waals surface area contributed by atoms with Crippen LogP contribution in [0, 0.1) is 0 Å². The van der Waals surface area contributed by atoms with Crippen molar-refractivity contribution in [3.8, 4) is 17.0 Å². The maximum absolute atomic E-state index is 11.3. The van der Waals surface area contributed by atoms with Gasteiger partial charge in [-0.2, -0.15) is 0 Å². The standard InChI is InChI=1S/C13H11NO2/c1-16-11-3-2-9-8-14-5-4-10(15)6-13(14)12(9)7-11/h2-7H,8H2,1H3. The molecule has 0 N–H and O–H groups in total. The number of aromatic nitrogens is 1. The molecule has 0 fully saturated rings. The monoisotopic (exact) mass is 213 g/mol.